The highest BCUT2D eigenvalue weighted by Crippen LogP contribution is 2.22. The van der Waals surface area contributed by atoms with Crippen molar-refractivity contribution in [3.05, 3.63) is 70.0 Å². The van der Waals surface area contributed by atoms with Crippen LogP contribution in [-0.4, -0.2) is 56.9 Å². The van der Waals surface area contributed by atoms with Gasteiger partial charge in [0, 0.05) is 44.1 Å². The number of hydrogen-bond acceptors (Lipinski definition) is 6. The number of rotatable bonds is 3. The summed E-state index contributed by atoms with van der Waals surface area (Å²) < 4.78 is 0. The molecule has 1 aliphatic heterocycles. The molecular weight excluding hydrogens is 368 g/mol. The van der Waals surface area contributed by atoms with Crippen LogP contribution >= 0.6 is 0 Å². The number of piperazine rings is 1. The molecule has 1 aliphatic rings. The number of nitrogens with zero attached hydrogens (tertiary/aromatic N) is 5. The van der Waals surface area contributed by atoms with Crippen LogP contribution in [0.5, 0.6) is 0 Å². The third kappa shape index (κ3) is 4.01. The molecule has 1 fully saturated rings. The van der Waals surface area contributed by atoms with E-state index in [1.54, 1.807) is 29.4 Å². The average Bonchev–Trinajstić information content (AvgIpc) is 2.75. The van der Waals surface area contributed by atoms with Crippen LogP contribution in [0.3, 0.4) is 0 Å². The van der Waals surface area contributed by atoms with E-state index in [1.807, 2.05) is 36.9 Å². The molecule has 4 rings (SSSR count). The summed E-state index contributed by atoms with van der Waals surface area (Å²) in [5, 5.41) is 0. The van der Waals surface area contributed by atoms with Crippen LogP contribution in [0.1, 0.15) is 21.6 Å². The van der Waals surface area contributed by atoms with E-state index in [0.29, 0.717) is 37.8 Å². The second kappa shape index (κ2) is 7.83. The number of benzene rings is 1. The Kier molecular flexibility index (Phi) is 5.07. The molecular formula is C21H22N6O2. The highest BCUT2D eigenvalue weighted by atomic mass is 16.2. The third-order valence-corrected chi connectivity index (χ3v) is 5.05. The van der Waals surface area contributed by atoms with Gasteiger partial charge in [-0.1, -0.05) is 17.7 Å². The van der Waals surface area contributed by atoms with Crippen molar-refractivity contribution in [1.82, 2.24) is 24.8 Å². The van der Waals surface area contributed by atoms with Gasteiger partial charge in [0.1, 0.15) is 5.69 Å². The topological polar surface area (TPSA) is 95.1 Å². The van der Waals surface area contributed by atoms with Crippen LogP contribution in [-0.2, 0) is 0 Å². The molecule has 8 heteroatoms. The Balaban J connectivity index is 1.55. The standard InChI is InChI=1S/C21H22N6O2/c1-14-4-5-15(2)16(12-14)17-13-18(25-21(29)24-17)19(28)26-8-10-27(11-9-26)20-22-6-3-7-23-20/h3-7,12-13H,8-11H2,1-2H3,(H,24,25,29). The predicted molar refractivity (Wildman–Crippen MR) is 110 cm³/mol. The molecule has 0 aliphatic carbocycles. The molecule has 29 heavy (non-hydrogen) atoms. The van der Waals surface area contributed by atoms with Gasteiger partial charge in [-0.2, -0.15) is 4.98 Å². The van der Waals surface area contributed by atoms with Crippen LogP contribution in [0.2, 0.25) is 0 Å². The molecule has 2 aromatic heterocycles. The lowest BCUT2D eigenvalue weighted by molar-refractivity contribution is 0.0740. The van der Waals surface area contributed by atoms with E-state index in [1.165, 1.54) is 0 Å². The first kappa shape index (κ1) is 18.8. The Morgan fingerprint density at radius 3 is 2.48 bits per heavy atom. The summed E-state index contributed by atoms with van der Waals surface area (Å²) in [6, 6.07) is 9.41. The second-order valence-electron chi connectivity index (χ2n) is 7.13. The lowest BCUT2D eigenvalue weighted by Gasteiger charge is -2.34. The molecule has 0 radical (unpaired) electrons. The first-order chi connectivity index (χ1) is 14.0. The zero-order valence-electron chi connectivity index (χ0n) is 16.4. The molecule has 3 aromatic rings. The number of carbonyl (C=O) groups is 1. The molecule has 1 aromatic carbocycles. The van der Waals surface area contributed by atoms with Gasteiger partial charge in [0.15, 0.2) is 0 Å². The normalized spacial score (nSPS) is 14.1. The lowest BCUT2D eigenvalue weighted by atomic mass is 10.0. The van der Waals surface area contributed by atoms with Crippen molar-refractivity contribution >= 4 is 11.9 Å². The zero-order chi connectivity index (χ0) is 20.4. The van der Waals surface area contributed by atoms with Crippen molar-refractivity contribution in [3.8, 4) is 11.3 Å². The molecule has 0 bridgehead atoms. The van der Waals surface area contributed by atoms with Gasteiger partial charge < -0.3 is 14.8 Å². The van der Waals surface area contributed by atoms with Crippen LogP contribution in [0.25, 0.3) is 11.3 Å². The molecule has 3 heterocycles. The number of nitrogens with one attached hydrogen (secondary N) is 1. The fourth-order valence-corrected chi connectivity index (χ4v) is 3.46. The number of aryl methyl sites for hydroxylation is 2. The number of H-pyrrole nitrogens is 1. The predicted octanol–water partition coefficient (Wildman–Crippen LogP) is 1.81. The number of aromatic nitrogens is 4. The molecule has 0 saturated carbocycles. The van der Waals surface area contributed by atoms with Gasteiger partial charge in [0.2, 0.25) is 5.95 Å². The maximum absolute atomic E-state index is 13.0. The molecule has 0 unspecified atom stereocenters. The van der Waals surface area contributed by atoms with Crippen molar-refractivity contribution in [1.29, 1.82) is 0 Å². The molecule has 1 saturated heterocycles. The van der Waals surface area contributed by atoms with Gasteiger partial charge >= 0.3 is 5.69 Å². The Morgan fingerprint density at radius 1 is 1.03 bits per heavy atom. The minimum absolute atomic E-state index is 0.204. The largest absolute Gasteiger partial charge is 0.346 e. The van der Waals surface area contributed by atoms with Gasteiger partial charge in [-0.3, -0.25) is 4.79 Å². The van der Waals surface area contributed by atoms with Crippen molar-refractivity contribution in [3.63, 3.8) is 0 Å². The minimum Gasteiger partial charge on any atom is -0.337 e. The first-order valence-electron chi connectivity index (χ1n) is 9.51. The molecule has 148 valence electrons. The zero-order valence-corrected chi connectivity index (χ0v) is 16.4. The summed E-state index contributed by atoms with van der Waals surface area (Å²) >= 11 is 0. The van der Waals surface area contributed by atoms with Gasteiger partial charge in [0.05, 0.1) is 5.69 Å². The van der Waals surface area contributed by atoms with Crippen molar-refractivity contribution in [2.45, 2.75) is 13.8 Å². The Morgan fingerprint density at radius 2 is 1.76 bits per heavy atom. The number of aromatic amines is 1. The maximum atomic E-state index is 13.0. The molecule has 0 atom stereocenters. The fourth-order valence-electron chi connectivity index (χ4n) is 3.46. The van der Waals surface area contributed by atoms with Gasteiger partial charge in [-0.05, 0) is 37.6 Å². The fraction of sp³-hybridized carbons (Fsp3) is 0.286. The number of hydrogen-bond donors (Lipinski definition) is 1. The Labute approximate surface area is 168 Å². The van der Waals surface area contributed by atoms with E-state index >= 15 is 0 Å². The lowest BCUT2D eigenvalue weighted by Crippen LogP contribution is -2.49. The molecule has 1 N–H and O–H groups in total. The summed E-state index contributed by atoms with van der Waals surface area (Å²) in [5.74, 6) is 0.457. The van der Waals surface area contributed by atoms with E-state index < -0.39 is 5.69 Å². The summed E-state index contributed by atoms with van der Waals surface area (Å²) in [6.07, 6.45) is 3.41. The summed E-state index contributed by atoms with van der Waals surface area (Å²) in [4.78, 5) is 44.1. The molecule has 1 amide bonds. The van der Waals surface area contributed by atoms with Gasteiger partial charge in [0.25, 0.3) is 5.91 Å². The number of anilines is 1. The first-order valence-corrected chi connectivity index (χ1v) is 9.51. The van der Waals surface area contributed by atoms with Crippen LogP contribution in [0.4, 0.5) is 5.95 Å². The van der Waals surface area contributed by atoms with Gasteiger partial charge in [-0.25, -0.2) is 14.8 Å². The second-order valence-corrected chi connectivity index (χ2v) is 7.13. The van der Waals surface area contributed by atoms with Crippen LogP contribution < -0.4 is 10.6 Å². The number of amides is 1. The number of carbonyl (C=O) groups excluding carboxylic acids is 1. The smallest absolute Gasteiger partial charge is 0.337 e. The highest BCUT2D eigenvalue weighted by Gasteiger charge is 2.24. The van der Waals surface area contributed by atoms with E-state index in [-0.39, 0.29) is 11.6 Å². The van der Waals surface area contributed by atoms with Crippen molar-refractivity contribution in [2.24, 2.45) is 0 Å². The summed E-state index contributed by atoms with van der Waals surface area (Å²) in [7, 11) is 0. The van der Waals surface area contributed by atoms with Gasteiger partial charge in [-0.15, -0.1) is 0 Å². The summed E-state index contributed by atoms with van der Waals surface area (Å²) in [5.41, 5.74) is 3.17. The van der Waals surface area contributed by atoms with Crippen molar-refractivity contribution < 1.29 is 4.79 Å². The van der Waals surface area contributed by atoms with E-state index in [2.05, 4.69) is 19.9 Å². The Bertz CT molecular complexity index is 1090. The molecule has 0 spiro atoms. The Hall–Kier alpha value is -3.55. The van der Waals surface area contributed by atoms with E-state index in [0.717, 1.165) is 16.7 Å². The quantitative estimate of drug-likeness (QED) is 0.733. The maximum Gasteiger partial charge on any atom is 0.346 e. The SMILES string of the molecule is Cc1ccc(C)c(-c2cc(C(=O)N3CCN(c4ncccn4)CC3)[nH]c(=O)n2)c1. The van der Waals surface area contributed by atoms with E-state index in [9.17, 15) is 9.59 Å². The van der Waals surface area contributed by atoms with Crippen LogP contribution in [0.15, 0.2) is 47.5 Å². The third-order valence-electron chi connectivity index (χ3n) is 5.05. The average molecular weight is 390 g/mol. The minimum atomic E-state index is -0.525. The summed E-state index contributed by atoms with van der Waals surface area (Å²) in [6.45, 7) is 6.27. The molecule has 8 nitrogen and oxygen atoms in total. The van der Waals surface area contributed by atoms with Crippen molar-refractivity contribution in [2.75, 3.05) is 31.1 Å². The monoisotopic (exact) mass is 390 g/mol. The van der Waals surface area contributed by atoms with E-state index in [4.69, 9.17) is 0 Å². The highest BCUT2D eigenvalue weighted by molar-refractivity contribution is 5.93. The van der Waals surface area contributed by atoms with Crippen LogP contribution in [0, 0.1) is 13.8 Å².